The summed E-state index contributed by atoms with van der Waals surface area (Å²) in [5.41, 5.74) is 5.10. The molecule has 0 unspecified atom stereocenters. The van der Waals surface area contributed by atoms with Gasteiger partial charge in [0.15, 0.2) is 6.61 Å². The summed E-state index contributed by atoms with van der Waals surface area (Å²) in [5, 5.41) is 4.93. The van der Waals surface area contributed by atoms with E-state index in [-0.39, 0.29) is 12.5 Å². The first-order chi connectivity index (χ1) is 15.7. The van der Waals surface area contributed by atoms with E-state index in [4.69, 9.17) is 9.47 Å². The molecule has 160 valence electrons. The first-order valence-electron chi connectivity index (χ1n) is 9.93. The molecule has 0 bridgehead atoms. The zero-order valence-electron chi connectivity index (χ0n) is 17.1. The van der Waals surface area contributed by atoms with Crippen LogP contribution in [0.4, 0.5) is 0 Å². The Morgan fingerprint density at radius 3 is 2.56 bits per heavy atom. The number of hydrazone groups is 1. The average molecular weight is 490 g/mol. The third-order valence-electron chi connectivity index (χ3n) is 4.56. The van der Waals surface area contributed by atoms with E-state index < -0.39 is 0 Å². The Bertz CT molecular complexity index is 1220. The molecule has 0 saturated carbocycles. The number of nitrogens with zero attached hydrogens (tertiary/aromatic N) is 2. The zero-order valence-corrected chi connectivity index (χ0v) is 18.7. The maximum absolute atomic E-state index is 12.0. The van der Waals surface area contributed by atoms with Crippen LogP contribution in [0.25, 0.3) is 10.9 Å². The smallest absolute Gasteiger partial charge is 0.277 e. The maximum atomic E-state index is 12.0. The van der Waals surface area contributed by atoms with Crippen molar-refractivity contribution in [3.05, 3.63) is 101 Å². The van der Waals surface area contributed by atoms with Gasteiger partial charge in [0.05, 0.1) is 6.21 Å². The van der Waals surface area contributed by atoms with E-state index >= 15 is 0 Å². The van der Waals surface area contributed by atoms with E-state index in [0.29, 0.717) is 17.9 Å². The van der Waals surface area contributed by atoms with Gasteiger partial charge in [0.25, 0.3) is 5.91 Å². The number of halogens is 1. The summed E-state index contributed by atoms with van der Waals surface area (Å²) in [4.78, 5) is 16.3. The van der Waals surface area contributed by atoms with Crippen LogP contribution in [0.15, 0.2) is 94.6 Å². The first kappa shape index (κ1) is 21.5. The summed E-state index contributed by atoms with van der Waals surface area (Å²) < 4.78 is 12.4. The molecule has 32 heavy (non-hydrogen) atoms. The molecule has 0 radical (unpaired) electrons. The molecule has 0 aliphatic heterocycles. The highest BCUT2D eigenvalue weighted by Gasteiger charge is 2.06. The van der Waals surface area contributed by atoms with E-state index in [2.05, 4.69) is 31.4 Å². The van der Waals surface area contributed by atoms with Crippen LogP contribution in [0.1, 0.15) is 11.1 Å². The lowest BCUT2D eigenvalue weighted by molar-refractivity contribution is -0.123. The Balaban J connectivity index is 1.24. The van der Waals surface area contributed by atoms with Gasteiger partial charge in [-0.05, 0) is 59.7 Å². The Morgan fingerprint density at radius 2 is 1.75 bits per heavy atom. The Morgan fingerprint density at radius 1 is 0.969 bits per heavy atom. The number of carbonyl (C=O) groups excluding carboxylic acids is 1. The lowest BCUT2D eigenvalue weighted by Gasteiger charge is -2.07. The number of aromatic nitrogens is 1. The number of hydrogen-bond acceptors (Lipinski definition) is 5. The second-order valence-electron chi connectivity index (χ2n) is 6.90. The van der Waals surface area contributed by atoms with Gasteiger partial charge < -0.3 is 9.47 Å². The van der Waals surface area contributed by atoms with Gasteiger partial charge >= 0.3 is 0 Å². The van der Waals surface area contributed by atoms with E-state index in [1.54, 1.807) is 18.5 Å². The molecule has 3 aromatic carbocycles. The number of pyridine rings is 1. The number of rotatable bonds is 8. The number of ether oxygens (including phenoxy) is 2. The summed E-state index contributed by atoms with van der Waals surface area (Å²) in [7, 11) is 0. The van der Waals surface area contributed by atoms with Gasteiger partial charge in [0.1, 0.15) is 23.6 Å². The topological polar surface area (TPSA) is 72.8 Å². The van der Waals surface area contributed by atoms with Crippen LogP contribution in [0.5, 0.6) is 11.5 Å². The molecule has 1 amide bonds. The lowest BCUT2D eigenvalue weighted by Crippen LogP contribution is -2.24. The second kappa shape index (κ2) is 10.5. The maximum Gasteiger partial charge on any atom is 0.277 e. The Labute approximate surface area is 194 Å². The quantitative estimate of drug-likeness (QED) is 0.276. The molecule has 0 saturated heterocycles. The van der Waals surface area contributed by atoms with E-state index in [0.717, 1.165) is 26.7 Å². The van der Waals surface area contributed by atoms with Crippen molar-refractivity contribution < 1.29 is 14.3 Å². The molecule has 0 atom stereocenters. The molecule has 6 nitrogen and oxygen atoms in total. The summed E-state index contributed by atoms with van der Waals surface area (Å²) in [6.45, 7) is 0.332. The van der Waals surface area contributed by atoms with Crippen LogP contribution >= 0.6 is 15.9 Å². The summed E-state index contributed by atoms with van der Waals surface area (Å²) in [6, 6.07) is 24.8. The van der Waals surface area contributed by atoms with Gasteiger partial charge in [0, 0.05) is 16.1 Å². The van der Waals surface area contributed by atoms with Crippen LogP contribution in [0.3, 0.4) is 0 Å². The van der Waals surface area contributed by atoms with Crippen molar-refractivity contribution >= 4 is 39.0 Å². The molecule has 0 spiro atoms. The van der Waals surface area contributed by atoms with Crippen molar-refractivity contribution in [1.29, 1.82) is 0 Å². The molecule has 0 aliphatic carbocycles. The molecule has 1 heterocycles. The van der Waals surface area contributed by atoms with E-state index in [9.17, 15) is 4.79 Å². The SMILES string of the molecule is O=C(COc1cccc2cccnc12)N/N=C/c1ccc(OCc2ccc(Br)cc2)cc1. The van der Waals surface area contributed by atoms with Gasteiger partial charge in [0.2, 0.25) is 0 Å². The normalized spacial score (nSPS) is 10.9. The molecule has 0 fully saturated rings. The Hall–Kier alpha value is -3.71. The number of nitrogens with one attached hydrogen (secondary N) is 1. The average Bonchev–Trinajstić information content (AvgIpc) is 2.83. The van der Waals surface area contributed by atoms with Crippen molar-refractivity contribution in [2.24, 2.45) is 5.10 Å². The highest BCUT2D eigenvalue weighted by molar-refractivity contribution is 9.10. The third kappa shape index (κ3) is 5.92. The molecule has 7 heteroatoms. The zero-order chi connectivity index (χ0) is 22.2. The fourth-order valence-corrected chi connectivity index (χ4v) is 3.21. The Kier molecular flexibility index (Phi) is 7.09. The van der Waals surface area contributed by atoms with E-state index in [1.165, 1.54) is 0 Å². The molecular formula is C25H20BrN3O3. The lowest BCUT2D eigenvalue weighted by atomic mass is 10.2. The number of amides is 1. The fourth-order valence-electron chi connectivity index (χ4n) is 2.94. The third-order valence-corrected chi connectivity index (χ3v) is 5.08. The highest BCUT2D eigenvalue weighted by Crippen LogP contribution is 2.22. The standard InChI is InChI=1S/C25H20BrN3O3/c26-21-10-6-19(7-11-21)16-31-22-12-8-18(9-13-22)15-28-29-24(30)17-32-23-5-1-3-20-4-2-14-27-25(20)23/h1-15H,16-17H2,(H,29,30)/b28-15+. The van der Waals surface area contributed by atoms with Crippen molar-refractivity contribution in [3.8, 4) is 11.5 Å². The van der Waals surface area contributed by atoms with Gasteiger partial charge in [-0.15, -0.1) is 0 Å². The number of benzene rings is 3. The summed E-state index contributed by atoms with van der Waals surface area (Å²) in [6.07, 6.45) is 3.26. The van der Waals surface area contributed by atoms with Crippen LogP contribution in [-0.4, -0.2) is 23.7 Å². The molecule has 0 aliphatic rings. The van der Waals surface area contributed by atoms with Crippen molar-refractivity contribution in [2.75, 3.05) is 6.61 Å². The molecule has 4 aromatic rings. The number of para-hydroxylation sites is 1. The van der Waals surface area contributed by atoms with Crippen LogP contribution in [0.2, 0.25) is 0 Å². The van der Waals surface area contributed by atoms with Crippen molar-refractivity contribution in [1.82, 2.24) is 10.4 Å². The second-order valence-corrected chi connectivity index (χ2v) is 7.81. The minimum absolute atomic E-state index is 0.157. The van der Waals surface area contributed by atoms with Crippen LogP contribution in [-0.2, 0) is 11.4 Å². The highest BCUT2D eigenvalue weighted by atomic mass is 79.9. The van der Waals surface area contributed by atoms with Gasteiger partial charge in [-0.25, -0.2) is 5.43 Å². The monoisotopic (exact) mass is 489 g/mol. The molecule has 1 N–H and O–H groups in total. The van der Waals surface area contributed by atoms with Crippen LogP contribution in [0, 0.1) is 0 Å². The van der Waals surface area contributed by atoms with E-state index in [1.807, 2.05) is 72.8 Å². The van der Waals surface area contributed by atoms with Gasteiger partial charge in [-0.2, -0.15) is 5.10 Å². The molecular weight excluding hydrogens is 470 g/mol. The summed E-state index contributed by atoms with van der Waals surface area (Å²) >= 11 is 3.42. The number of hydrogen-bond donors (Lipinski definition) is 1. The summed E-state index contributed by atoms with van der Waals surface area (Å²) in [5.74, 6) is 0.954. The molecule has 1 aromatic heterocycles. The minimum Gasteiger partial charge on any atom is -0.489 e. The predicted octanol–water partition coefficient (Wildman–Crippen LogP) is 5.11. The minimum atomic E-state index is -0.358. The predicted molar refractivity (Wildman–Crippen MR) is 128 cm³/mol. The van der Waals surface area contributed by atoms with Crippen molar-refractivity contribution in [3.63, 3.8) is 0 Å². The molecule has 4 rings (SSSR count). The van der Waals surface area contributed by atoms with Gasteiger partial charge in [-0.3, -0.25) is 9.78 Å². The number of fused-ring (bicyclic) bond motifs is 1. The van der Waals surface area contributed by atoms with Gasteiger partial charge in [-0.1, -0.05) is 46.3 Å². The first-order valence-corrected chi connectivity index (χ1v) is 10.7. The van der Waals surface area contributed by atoms with Crippen LogP contribution < -0.4 is 14.9 Å². The fraction of sp³-hybridized carbons (Fsp3) is 0.0800. The largest absolute Gasteiger partial charge is 0.489 e. The van der Waals surface area contributed by atoms with Crippen molar-refractivity contribution in [2.45, 2.75) is 6.61 Å². The number of carbonyl (C=O) groups is 1.